The zero-order valence-electron chi connectivity index (χ0n) is 21.9. The number of rotatable bonds is 7. The second-order valence-electron chi connectivity index (χ2n) is 10.2. The summed E-state index contributed by atoms with van der Waals surface area (Å²) in [6.07, 6.45) is 8.15. The van der Waals surface area contributed by atoms with Crippen LogP contribution in [-0.4, -0.2) is 20.5 Å². The molecule has 8 heteroatoms. The topological polar surface area (TPSA) is 71.3 Å². The van der Waals surface area contributed by atoms with E-state index in [1.165, 1.54) is 37.7 Å². The average Bonchev–Trinajstić information content (AvgIpc) is 3.37. The van der Waals surface area contributed by atoms with Crippen LogP contribution >= 0.6 is 27.5 Å². The number of amides is 1. The summed E-state index contributed by atoms with van der Waals surface area (Å²) in [4.78, 5) is 17.8. The number of halogens is 2. The number of hydrogen-bond acceptors (Lipinski definition) is 4. The standard InChI is InChI=1S/C32H29BrClN5O/c33-27-20-36-39-30(18-29(38-31(27)39)26-11-4-5-12-28(26)34)35-19-21-7-6-10-25(17-21)37-32(40)24-15-13-23(14-16-24)22-8-2-1-3-9-22/h4-7,10-18,20,22,35H,1-3,8-9,19H2,(H,37,40). The summed E-state index contributed by atoms with van der Waals surface area (Å²) in [5, 5.41) is 11.6. The summed E-state index contributed by atoms with van der Waals surface area (Å²) in [7, 11) is 0. The van der Waals surface area contributed by atoms with E-state index >= 15 is 0 Å². The Labute approximate surface area is 246 Å². The van der Waals surface area contributed by atoms with Crippen molar-refractivity contribution in [2.45, 2.75) is 44.6 Å². The van der Waals surface area contributed by atoms with E-state index in [0.717, 1.165) is 32.8 Å². The molecule has 1 saturated carbocycles. The Morgan fingerprint density at radius 3 is 2.58 bits per heavy atom. The van der Waals surface area contributed by atoms with Crippen LogP contribution in [0.15, 0.2) is 89.5 Å². The van der Waals surface area contributed by atoms with Crippen molar-refractivity contribution in [3.05, 3.63) is 111 Å². The molecule has 40 heavy (non-hydrogen) atoms. The van der Waals surface area contributed by atoms with E-state index in [4.69, 9.17) is 16.6 Å². The van der Waals surface area contributed by atoms with E-state index in [1.54, 1.807) is 10.7 Å². The highest BCUT2D eigenvalue weighted by Gasteiger charge is 2.16. The van der Waals surface area contributed by atoms with Crippen LogP contribution in [0.5, 0.6) is 0 Å². The minimum absolute atomic E-state index is 0.109. The van der Waals surface area contributed by atoms with E-state index in [1.807, 2.05) is 66.7 Å². The van der Waals surface area contributed by atoms with Gasteiger partial charge in [-0.1, -0.05) is 73.3 Å². The van der Waals surface area contributed by atoms with Crippen LogP contribution < -0.4 is 10.6 Å². The number of carbonyl (C=O) groups is 1. The van der Waals surface area contributed by atoms with Crippen molar-refractivity contribution >= 4 is 50.6 Å². The third-order valence-electron chi connectivity index (χ3n) is 7.49. The smallest absolute Gasteiger partial charge is 0.255 e. The van der Waals surface area contributed by atoms with Gasteiger partial charge in [-0.05, 0) is 76.1 Å². The Morgan fingerprint density at radius 1 is 0.975 bits per heavy atom. The zero-order chi connectivity index (χ0) is 27.5. The molecule has 0 atom stereocenters. The quantitative estimate of drug-likeness (QED) is 0.192. The van der Waals surface area contributed by atoms with Crippen LogP contribution in [0.4, 0.5) is 11.5 Å². The van der Waals surface area contributed by atoms with Gasteiger partial charge in [-0.25, -0.2) is 4.98 Å². The fourth-order valence-corrected chi connectivity index (χ4v) is 5.95. The van der Waals surface area contributed by atoms with E-state index in [-0.39, 0.29) is 5.91 Å². The van der Waals surface area contributed by atoms with Crippen molar-refractivity contribution in [2.75, 3.05) is 10.6 Å². The number of anilines is 2. The molecular formula is C32H29BrClN5O. The van der Waals surface area contributed by atoms with Crippen molar-refractivity contribution in [3.8, 4) is 11.3 Å². The molecule has 1 aliphatic carbocycles. The summed E-state index contributed by atoms with van der Waals surface area (Å²) < 4.78 is 2.55. The lowest BCUT2D eigenvalue weighted by molar-refractivity contribution is 0.102. The molecule has 202 valence electrons. The number of hydrogen-bond donors (Lipinski definition) is 2. The molecule has 0 bridgehead atoms. The molecular weight excluding hydrogens is 586 g/mol. The Morgan fingerprint density at radius 2 is 1.77 bits per heavy atom. The minimum atomic E-state index is -0.109. The second-order valence-corrected chi connectivity index (χ2v) is 11.5. The molecule has 1 amide bonds. The zero-order valence-corrected chi connectivity index (χ0v) is 24.3. The monoisotopic (exact) mass is 613 g/mol. The van der Waals surface area contributed by atoms with E-state index in [0.29, 0.717) is 28.7 Å². The highest BCUT2D eigenvalue weighted by atomic mass is 79.9. The Hall–Kier alpha value is -3.68. The third-order valence-corrected chi connectivity index (χ3v) is 8.38. The molecule has 5 aromatic rings. The third kappa shape index (κ3) is 5.76. The molecule has 0 unspecified atom stereocenters. The molecule has 2 aromatic heterocycles. The van der Waals surface area contributed by atoms with Gasteiger partial charge in [-0.15, -0.1) is 0 Å². The maximum absolute atomic E-state index is 13.0. The summed E-state index contributed by atoms with van der Waals surface area (Å²) >= 11 is 10.0. The largest absolute Gasteiger partial charge is 0.366 e. The van der Waals surface area contributed by atoms with Gasteiger partial charge in [0.05, 0.1) is 16.4 Å². The van der Waals surface area contributed by atoms with Crippen LogP contribution in [0.3, 0.4) is 0 Å². The summed E-state index contributed by atoms with van der Waals surface area (Å²) in [6, 6.07) is 25.6. The van der Waals surface area contributed by atoms with Crippen molar-refractivity contribution in [2.24, 2.45) is 0 Å². The molecule has 3 aromatic carbocycles. The first-order valence-electron chi connectivity index (χ1n) is 13.6. The average molecular weight is 615 g/mol. The molecule has 2 N–H and O–H groups in total. The van der Waals surface area contributed by atoms with Crippen LogP contribution in [-0.2, 0) is 6.54 Å². The van der Waals surface area contributed by atoms with Gasteiger partial charge < -0.3 is 10.6 Å². The first kappa shape index (κ1) is 26.5. The number of fused-ring (bicyclic) bond motifs is 1. The molecule has 0 radical (unpaired) electrons. The molecule has 0 aliphatic heterocycles. The molecule has 0 spiro atoms. The SMILES string of the molecule is O=C(Nc1cccc(CNc2cc(-c3ccccc3Cl)nc3c(Br)cnn23)c1)c1ccc(C2CCCCC2)cc1. The Balaban J connectivity index is 1.17. The van der Waals surface area contributed by atoms with Crippen molar-refractivity contribution in [3.63, 3.8) is 0 Å². The number of benzene rings is 3. The minimum Gasteiger partial charge on any atom is -0.366 e. The first-order chi connectivity index (χ1) is 19.5. The molecule has 1 aliphatic rings. The molecule has 6 nitrogen and oxygen atoms in total. The lowest BCUT2D eigenvalue weighted by Gasteiger charge is -2.22. The van der Waals surface area contributed by atoms with Crippen molar-refractivity contribution in [1.29, 1.82) is 0 Å². The highest BCUT2D eigenvalue weighted by Crippen LogP contribution is 2.33. The van der Waals surface area contributed by atoms with Gasteiger partial charge in [0.25, 0.3) is 5.91 Å². The predicted octanol–water partition coefficient (Wildman–Crippen LogP) is 8.72. The fraction of sp³-hybridized carbons (Fsp3) is 0.219. The summed E-state index contributed by atoms with van der Waals surface area (Å²) in [5.74, 6) is 1.29. The Kier molecular flexibility index (Phi) is 7.84. The Bertz CT molecular complexity index is 1660. The number of carbonyl (C=O) groups excluding carboxylic acids is 1. The van der Waals surface area contributed by atoms with Crippen LogP contribution in [0.25, 0.3) is 16.9 Å². The van der Waals surface area contributed by atoms with Gasteiger partial charge in [0, 0.05) is 34.4 Å². The normalized spacial score (nSPS) is 13.8. The fourth-order valence-electron chi connectivity index (χ4n) is 5.37. The summed E-state index contributed by atoms with van der Waals surface area (Å²) in [6.45, 7) is 0.526. The molecule has 6 rings (SSSR count). The molecule has 1 fully saturated rings. The van der Waals surface area contributed by atoms with Gasteiger partial charge >= 0.3 is 0 Å². The molecule has 2 heterocycles. The van der Waals surface area contributed by atoms with Crippen molar-refractivity contribution in [1.82, 2.24) is 14.6 Å². The second kappa shape index (κ2) is 11.8. The van der Waals surface area contributed by atoms with Crippen LogP contribution in [0.1, 0.15) is 59.5 Å². The lowest BCUT2D eigenvalue weighted by Crippen LogP contribution is -2.13. The van der Waals surface area contributed by atoms with Gasteiger partial charge in [0.15, 0.2) is 5.65 Å². The van der Waals surface area contributed by atoms with Gasteiger partial charge in [0.2, 0.25) is 0 Å². The first-order valence-corrected chi connectivity index (χ1v) is 14.8. The van der Waals surface area contributed by atoms with Crippen molar-refractivity contribution < 1.29 is 4.79 Å². The number of nitrogens with zero attached hydrogens (tertiary/aromatic N) is 3. The predicted molar refractivity (Wildman–Crippen MR) is 165 cm³/mol. The maximum atomic E-state index is 13.0. The van der Waals surface area contributed by atoms with Crippen LogP contribution in [0, 0.1) is 0 Å². The van der Waals surface area contributed by atoms with E-state index in [2.05, 4.69) is 43.8 Å². The van der Waals surface area contributed by atoms with E-state index < -0.39 is 0 Å². The lowest BCUT2D eigenvalue weighted by atomic mass is 9.84. The summed E-state index contributed by atoms with van der Waals surface area (Å²) in [5.41, 5.74) is 6.06. The highest BCUT2D eigenvalue weighted by molar-refractivity contribution is 9.10. The van der Waals surface area contributed by atoms with Crippen LogP contribution in [0.2, 0.25) is 5.02 Å². The number of aromatic nitrogens is 3. The van der Waals surface area contributed by atoms with Gasteiger partial charge in [-0.3, -0.25) is 4.79 Å². The number of nitrogens with one attached hydrogen (secondary N) is 2. The molecule has 0 saturated heterocycles. The maximum Gasteiger partial charge on any atom is 0.255 e. The van der Waals surface area contributed by atoms with E-state index in [9.17, 15) is 4.79 Å². The van der Waals surface area contributed by atoms with Gasteiger partial charge in [0.1, 0.15) is 5.82 Å². The van der Waals surface area contributed by atoms with Gasteiger partial charge in [-0.2, -0.15) is 9.61 Å².